The molecule has 5 heteroatoms. The third kappa shape index (κ3) is 2.93. The predicted octanol–water partition coefficient (Wildman–Crippen LogP) is 3.45. The van der Waals surface area contributed by atoms with Gasteiger partial charge in [0.1, 0.15) is 5.75 Å². The normalized spacial score (nSPS) is 12.2. The molecule has 0 aliphatic heterocycles. The standard InChI is InChI=1S/C13H12Cl2N2O/c1-18-12-4-9(6-17-7-12)13(16)8-2-10(14)5-11(15)3-8/h2-7,13H,16H2,1H3. The second kappa shape index (κ2) is 5.57. The van der Waals surface area contributed by atoms with Crippen LogP contribution >= 0.6 is 23.2 Å². The van der Waals surface area contributed by atoms with Gasteiger partial charge in [-0.1, -0.05) is 23.2 Å². The highest BCUT2D eigenvalue weighted by molar-refractivity contribution is 6.34. The Morgan fingerprint density at radius 2 is 1.72 bits per heavy atom. The van der Waals surface area contributed by atoms with Crippen LogP contribution in [-0.2, 0) is 0 Å². The van der Waals surface area contributed by atoms with E-state index in [4.69, 9.17) is 33.7 Å². The van der Waals surface area contributed by atoms with Gasteiger partial charge in [0.25, 0.3) is 0 Å². The molecule has 2 rings (SSSR count). The first-order chi connectivity index (χ1) is 8.60. The van der Waals surface area contributed by atoms with Gasteiger partial charge >= 0.3 is 0 Å². The van der Waals surface area contributed by atoms with Gasteiger partial charge in [-0.05, 0) is 35.4 Å². The van der Waals surface area contributed by atoms with Gasteiger partial charge in [0, 0.05) is 16.2 Å². The number of hydrogen-bond donors (Lipinski definition) is 1. The number of aromatic nitrogens is 1. The zero-order chi connectivity index (χ0) is 13.1. The molecule has 1 aromatic carbocycles. The van der Waals surface area contributed by atoms with E-state index in [1.165, 1.54) is 0 Å². The van der Waals surface area contributed by atoms with Crippen LogP contribution in [0.3, 0.4) is 0 Å². The summed E-state index contributed by atoms with van der Waals surface area (Å²) in [6.45, 7) is 0. The Hall–Kier alpha value is -1.29. The van der Waals surface area contributed by atoms with Crippen molar-refractivity contribution in [2.75, 3.05) is 7.11 Å². The van der Waals surface area contributed by atoms with E-state index in [0.717, 1.165) is 11.1 Å². The van der Waals surface area contributed by atoms with Crippen LogP contribution in [0.2, 0.25) is 10.0 Å². The van der Waals surface area contributed by atoms with E-state index < -0.39 is 0 Å². The Balaban J connectivity index is 2.37. The molecule has 18 heavy (non-hydrogen) atoms. The molecule has 3 nitrogen and oxygen atoms in total. The largest absolute Gasteiger partial charge is 0.495 e. The highest BCUT2D eigenvalue weighted by atomic mass is 35.5. The lowest BCUT2D eigenvalue weighted by Gasteiger charge is -2.13. The first-order valence-electron chi connectivity index (χ1n) is 5.30. The number of nitrogens with two attached hydrogens (primary N) is 1. The quantitative estimate of drug-likeness (QED) is 0.938. The summed E-state index contributed by atoms with van der Waals surface area (Å²) in [5, 5.41) is 1.12. The molecule has 2 aromatic rings. The molecule has 1 heterocycles. The topological polar surface area (TPSA) is 48.1 Å². The van der Waals surface area contributed by atoms with Crippen molar-refractivity contribution in [1.82, 2.24) is 4.98 Å². The zero-order valence-electron chi connectivity index (χ0n) is 9.73. The van der Waals surface area contributed by atoms with Crippen LogP contribution in [0.5, 0.6) is 5.75 Å². The molecule has 1 aromatic heterocycles. The maximum atomic E-state index is 6.16. The monoisotopic (exact) mass is 282 g/mol. The number of halogens is 2. The Labute approximate surface area is 115 Å². The van der Waals surface area contributed by atoms with Crippen LogP contribution in [-0.4, -0.2) is 12.1 Å². The Morgan fingerprint density at radius 1 is 1.06 bits per heavy atom. The fourth-order valence-electron chi connectivity index (χ4n) is 1.66. The smallest absolute Gasteiger partial charge is 0.137 e. The van der Waals surface area contributed by atoms with Crippen molar-refractivity contribution in [1.29, 1.82) is 0 Å². The van der Waals surface area contributed by atoms with Crippen molar-refractivity contribution < 1.29 is 4.74 Å². The first kappa shape index (κ1) is 13.1. The van der Waals surface area contributed by atoms with Gasteiger partial charge in [-0.15, -0.1) is 0 Å². The van der Waals surface area contributed by atoms with E-state index in [9.17, 15) is 0 Å². The molecule has 0 radical (unpaired) electrons. The third-order valence-corrected chi connectivity index (χ3v) is 3.01. The number of rotatable bonds is 3. The lowest BCUT2D eigenvalue weighted by Crippen LogP contribution is -2.12. The molecule has 1 atom stereocenters. The maximum absolute atomic E-state index is 6.16. The molecule has 0 saturated heterocycles. The summed E-state index contributed by atoms with van der Waals surface area (Å²) in [5.41, 5.74) is 7.84. The molecule has 0 spiro atoms. The van der Waals surface area contributed by atoms with Gasteiger partial charge < -0.3 is 10.5 Å². The van der Waals surface area contributed by atoms with Gasteiger partial charge in [-0.2, -0.15) is 0 Å². The lowest BCUT2D eigenvalue weighted by molar-refractivity contribution is 0.412. The highest BCUT2D eigenvalue weighted by Crippen LogP contribution is 2.27. The molecule has 0 fully saturated rings. The minimum absolute atomic E-state index is 0.344. The molecule has 0 aliphatic carbocycles. The number of ether oxygens (including phenoxy) is 1. The minimum Gasteiger partial charge on any atom is -0.495 e. The summed E-state index contributed by atoms with van der Waals surface area (Å²) in [6, 6.07) is 6.74. The summed E-state index contributed by atoms with van der Waals surface area (Å²) < 4.78 is 5.12. The van der Waals surface area contributed by atoms with Crippen molar-refractivity contribution in [2.24, 2.45) is 5.73 Å². The van der Waals surface area contributed by atoms with E-state index in [1.807, 2.05) is 6.07 Å². The summed E-state index contributed by atoms with van der Waals surface area (Å²) in [6.07, 6.45) is 3.32. The molecule has 1 unspecified atom stereocenters. The van der Waals surface area contributed by atoms with E-state index >= 15 is 0 Å². The number of hydrogen-bond acceptors (Lipinski definition) is 3. The number of methoxy groups -OCH3 is 1. The van der Waals surface area contributed by atoms with E-state index in [0.29, 0.717) is 15.8 Å². The van der Waals surface area contributed by atoms with Crippen LogP contribution < -0.4 is 10.5 Å². The van der Waals surface area contributed by atoms with Crippen molar-refractivity contribution in [3.8, 4) is 5.75 Å². The van der Waals surface area contributed by atoms with Crippen LogP contribution in [0, 0.1) is 0 Å². The molecule has 0 saturated carbocycles. The molecule has 0 bridgehead atoms. The second-order valence-electron chi connectivity index (χ2n) is 3.84. The summed E-state index contributed by atoms with van der Waals surface area (Å²) in [7, 11) is 1.59. The summed E-state index contributed by atoms with van der Waals surface area (Å²) in [4.78, 5) is 4.08. The zero-order valence-corrected chi connectivity index (χ0v) is 11.2. The first-order valence-corrected chi connectivity index (χ1v) is 6.06. The van der Waals surface area contributed by atoms with Crippen LogP contribution in [0.15, 0.2) is 36.7 Å². The van der Waals surface area contributed by atoms with E-state index in [-0.39, 0.29) is 6.04 Å². The summed E-state index contributed by atoms with van der Waals surface area (Å²) >= 11 is 11.9. The summed E-state index contributed by atoms with van der Waals surface area (Å²) in [5.74, 6) is 0.663. The van der Waals surface area contributed by atoms with E-state index in [1.54, 1.807) is 37.7 Å². The second-order valence-corrected chi connectivity index (χ2v) is 4.71. The Bertz CT molecular complexity index is 540. The molecule has 0 aliphatic rings. The van der Waals surface area contributed by atoms with Gasteiger partial charge in [-0.3, -0.25) is 4.98 Å². The van der Waals surface area contributed by atoms with Gasteiger partial charge in [0.2, 0.25) is 0 Å². The molecule has 2 N–H and O–H groups in total. The lowest BCUT2D eigenvalue weighted by atomic mass is 10.0. The highest BCUT2D eigenvalue weighted by Gasteiger charge is 2.11. The maximum Gasteiger partial charge on any atom is 0.137 e. The van der Waals surface area contributed by atoms with Crippen molar-refractivity contribution in [3.63, 3.8) is 0 Å². The Morgan fingerprint density at radius 3 is 2.33 bits per heavy atom. The van der Waals surface area contributed by atoms with Crippen LogP contribution in [0.1, 0.15) is 17.2 Å². The minimum atomic E-state index is -0.344. The number of nitrogens with zero attached hydrogens (tertiary/aromatic N) is 1. The Kier molecular flexibility index (Phi) is 4.07. The van der Waals surface area contributed by atoms with Gasteiger partial charge in [0.05, 0.1) is 19.3 Å². The average Bonchev–Trinajstić information content (AvgIpc) is 2.37. The van der Waals surface area contributed by atoms with Gasteiger partial charge in [-0.25, -0.2) is 0 Å². The predicted molar refractivity (Wildman–Crippen MR) is 73.3 cm³/mol. The van der Waals surface area contributed by atoms with Gasteiger partial charge in [0.15, 0.2) is 0 Å². The molecular weight excluding hydrogens is 271 g/mol. The number of pyridine rings is 1. The average molecular weight is 283 g/mol. The van der Waals surface area contributed by atoms with Crippen molar-refractivity contribution in [3.05, 3.63) is 57.8 Å². The SMILES string of the molecule is COc1cncc(C(N)c2cc(Cl)cc(Cl)c2)c1. The van der Waals surface area contributed by atoms with Crippen LogP contribution in [0.25, 0.3) is 0 Å². The number of benzene rings is 1. The van der Waals surface area contributed by atoms with Crippen LogP contribution in [0.4, 0.5) is 0 Å². The molecular formula is C13H12Cl2N2O. The van der Waals surface area contributed by atoms with Crippen molar-refractivity contribution in [2.45, 2.75) is 6.04 Å². The molecule has 94 valence electrons. The van der Waals surface area contributed by atoms with E-state index in [2.05, 4.69) is 4.98 Å². The molecule has 0 amide bonds. The third-order valence-electron chi connectivity index (χ3n) is 2.57. The fraction of sp³-hybridized carbons (Fsp3) is 0.154. The fourth-order valence-corrected chi connectivity index (χ4v) is 2.21. The van der Waals surface area contributed by atoms with Crippen molar-refractivity contribution >= 4 is 23.2 Å².